The standard InChI is InChI=1S/C29H31FN6O2/c1-3-24-17-26(28(37)35-15-6-4-5-8-19(35)2)33-27-18-25(34-36(24)27)20-11-13-22(14-12-20)31-29(38)32-23-10-7-9-21(30)16-23/h7,9-14,16-19H,3-6,8,15H2,1-2H3,(H2,31,32,38). The van der Waals surface area contributed by atoms with Crippen LogP contribution in [0.4, 0.5) is 20.6 Å². The zero-order valence-electron chi connectivity index (χ0n) is 21.6. The van der Waals surface area contributed by atoms with Crippen LogP contribution in [-0.2, 0) is 6.42 Å². The lowest BCUT2D eigenvalue weighted by Crippen LogP contribution is -2.38. The van der Waals surface area contributed by atoms with Gasteiger partial charge in [-0.15, -0.1) is 0 Å². The molecular formula is C29H31FN6O2. The van der Waals surface area contributed by atoms with E-state index in [-0.39, 0.29) is 11.9 Å². The second-order valence-corrected chi connectivity index (χ2v) is 9.65. The quantitative estimate of drug-likeness (QED) is 0.334. The normalized spacial score (nSPS) is 15.8. The Morgan fingerprint density at radius 2 is 1.79 bits per heavy atom. The molecule has 1 unspecified atom stereocenters. The van der Waals surface area contributed by atoms with Gasteiger partial charge in [0.05, 0.1) is 5.69 Å². The number of hydrogen-bond donors (Lipinski definition) is 2. The molecule has 0 spiro atoms. The molecule has 2 aromatic carbocycles. The number of anilines is 2. The van der Waals surface area contributed by atoms with Crippen LogP contribution in [0.2, 0.25) is 0 Å². The van der Waals surface area contributed by atoms with Crippen LogP contribution in [0.1, 0.15) is 55.7 Å². The SMILES string of the molecule is CCc1cc(C(=O)N2CCCCCC2C)nc2cc(-c3ccc(NC(=O)Nc4cccc(F)c4)cc3)nn12. The van der Waals surface area contributed by atoms with Crippen LogP contribution in [0, 0.1) is 5.82 Å². The number of benzene rings is 2. The molecule has 9 heteroatoms. The third-order valence-corrected chi connectivity index (χ3v) is 6.92. The van der Waals surface area contributed by atoms with Crippen molar-refractivity contribution in [3.05, 3.63) is 77.9 Å². The lowest BCUT2D eigenvalue weighted by atomic mass is 10.1. The van der Waals surface area contributed by atoms with Crippen molar-refractivity contribution in [3.8, 4) is 11.3 Å². The largest absolute Gasteiger partial charge is 0.335 e. The number of nitrogens with zero attached hydrogens (tertiary/aromatic N) is 4. The van der Waals surface area contributed by atoms with E-state index < -0.39 is 11.8 Å². The molecule has 1 aliphatic heterocycles. The van der Waals surface area contributed by atoms with E-state index in [4.69, 9.17) is 10.1 Å². The number of halogens is 1. The highest BCUT2D eigenvalue weighted by molar-refractivity contribution is 5.99. The van der Waals surface area contributed by atoms with Crippen molar-refractivity contribution in [2.45, 2.75) is 52.0 Å². The average molecular weight is 515 g/mol. The molecule has 1 atom stereocenters. The van der Waals surface area contributed by atoms with Crippen LogP contribution in [0.15, 0.2) is 60.7 Å². The first-order valence-electron chi connectivity index (χ1n) is 13.1. The van der Waals surface area contributed by atoms with E-state index in [1.807, 2.05) is 36.1 Å². The van der Waals surface area contributed by atoms with Gasteiger partial charge in [0.2, 0.25) is 0 Å². The van der Waals surface area contributed by atoms with Gasteiger partial charge in [0, 0.05) is 41.3 Å². The summed E-state index contributed by atoms with van der Waals surface area (Å²) in [5, 5.41) is 10.1. The summed E-state index contributed by atoms with van der Waals surface area (Å²) in [5.41, 5.74) is 4.52. The molecular weight excluding hydrogens is 483 g/mol. The molecule has 3 amide bonds. The third-order valence-electron chi connectivity index (χ3n) is 6.92. The van der Waals surface area contributed by atoms with Gasteiger partial charge >= 0.3 is 6.03 Å². The van der Waals surface area contributed by atoms with E-state index >= 15 is 0 Å². The van der Waals surface area contributed by atoms with E-state index in [0.29, 0.717) is 29.1 Å². The fourth-order valence-corrected chi connectivity index (χ4v) is 4.85. The maximum Gasteiger partial charge on any atom is 0.323 e. The number of aromatic nitrogens is 3. The molecule has 196 valence electrons. The van der Waals surface area contributed by atoms with Crippen LogP contribution >= 0.6 is 0 Å². The molecule has 38 heavy (non-hydrogen) atoms. The molecule has 8 nitrogen and oxygen atoms in total. The van der Waals surface area contributed by atoms with Gasteiger partial charge in [0.1, 0.15) is 11.5 Å². The molecule has 1 saturated heterocycles. The van der Waals surface area contributed by atoms with Gasteiger partial charge in [-0.3, -0.25) is 4.79 Å². The Morgan fingerprint density at radius 3 is 2.55 bits per heavy atom. The number of likely N-dealkylation sites (tertiary alicyclic amines) is 1. The highest BCUT2D eigenvalue weighted by Gasteiger charge is 2.25. The topological polar surface area (TPSA) is 91.6 Å². The summed E-state index contributed by atoms with van der Waals surface area (Å²) in [4.78, 5) is 32.3. The maximum atomic E-state index is 13.4. The van der Waals surface area contributed by atoms with Crippen molar-refractivity contribution in [2.75, 3.05) is 17.2 Å². The number of amides is 3. The first kappa shape index (κ1) is 25.4. The van der Waals surface area contributed by atoms with Crippen LogP contribution in [0.25, 0.3) is 16.9 Å². The maximum absolute atomic E-state index is 13.4. The van der Waals surface area contributed by atoms with Gasteiger partial charge in [-0.2, -0.15) is 5.10 Å². The van der Waals surface area contributed by atoms with Crippen molar-refractivity contribution in [3.63, 3.8) is 0 Å². The van der Waals surface area contributed by atoms with Gasteiger partial charge in [-0.1, -0.05) is 38.0 Å². The van der Waals surface area contributed by atoms with Gasteiger partial charge in [0.15, 0.2) is 5.65 Å². The van der Waals surface area contributed by atoms with E-state index in [9.17, 15) is 14.0 Å². The molecule has 0 radical (unpaired) electrons. The number of aryl methyl sites for hydroxylation is 1. The molecule has 0 aliphatic carbocycles. The summed E-state index contributed by atoms with van der Waals surface area (Å²) in [6.45, 7) is 4.91. The predicted molar refractivity (Wildman–Crippen MR) is 146 cm³/mol. The zero-order chi connectivity index (χ0) is 26.6. The molecule has 5 rings (SSSR count). The number of carbonyl (C=O) groups excluding carboxylic acids is 2. The first-order chi connectivity index (χ1) is 18.4. The van der Waals surface area contributed by atoms with Gasteiger partial charge in [-0.25, -0.2) is 18.7 Å². The Hall–Kier alpha value is -4.27. The van der Waals surface area contributed by atoms with Gasteiger partial charge < -0.3 is 15.5 Å². The third kappa shape index (κ3) is 5.51. The van der Waals surface area contributed by atoms with Crippen molar-refractivity contribution < 1.29 is 14.0 Å². The first-order valence-corrected chi connectivity index (χ1v) is 13.1. The molecule has 2 aromatic heterocycles. The van der Waals surface area contributed by atoms with E-state index in [1.54, 1.807) is 22.7 Å². The number of hydrogen-bond acceptors (Lipinski definition) is 4. The summed E-state index contributed by atoms with van der Waals surface area (Å²) in [7, 11) is 0. The second kappa shape index (κ2) is 11.0. The molecule has 3 heterocycles. The van der Waals surface area contributed by atoms with Gasteiger partial charge in [0.25, 0.3) is 5.91 Å². The Labute approximate surface area is 220 Å². The number of carbonyl (C=O) groups is 2. The number of urea groups is 1. The number of fused-ring (bicyclic) bond motifs is 1. The van der Waals surface area contributed by atoms with Crippen molar-refractivity contribution in [1.29, 1.82) is 0 Å². The van der Waals surface area contributed by atoms with Crippen LogP contribution in [-0.4, -0.2) is 44.0 Å². The van der Waals surface area contributed by atoms with Gasteiger partial charge in [-0.05, 0) is 62.6 Å². The summed E-state index contributed by atoms with van der Waals surface area (Å²) < 4.78 is 15.1. The van der Waals surface area contributed by atoms with E-state index in [2.05, 4.69) is 17.6 Å². The Morgan fingerprint density at radius 1 is 1.00 bits per heavy atom. The predicted octanol–water partition coefficient (Wildman–Crippen LogP) is 6.15. The van der Waals surface area contributed by atoms with Crippen molar-refractivity contribution >= 4 is 29.0 Å². The van der Waals surface area contributed by atoms with Crippen LogP contribution in [0.3, 0.4) is 0 Å². The molecule has 4 aromatic rings. The minimum atomic E-state index is -0.469. The summed E-state index contributed by atoms with van der Waals surface area (Å²) in [6, 6.07) is 16.4. The van der Waals surface area contributed by atoms with Crippen molar-refractivity contribution in [2.24, 2.45) is 0 Å². The second-order valence-electron chi connectivity index (χ2n) is 9.65. The Balaban J connectivity index is 1.34. The fraction of sp³-hybridized carbons (Fsp3) is 0.310. The molecule has 1 fully saturated rings. The minimum absolute atomic E-state index is 0.0219. The van der Waals surface area contributed by atoms with E-state index in [1.165, 1.54) is 18.2 Å². The molecule has 2 N–H and O–H groups in total. The molecule has 0 bridgehead atoms. The molecule has 1 aliphatic rings. The zero-order valence-corrected chi connectivity index (χ0v) is 21.6. The molecule has 0 saturated carbocycles. The highest BCUT2D eigenvalue weighted by atomic mass is 19.1. The summed E-state index contributed by atoms with van der Waals surface area (Å²) >= 11 is 0. The number of nitrogens with one attached hydrogen (secondary N) is 2. The fourth-order valence-electron chi connectivity index (χ4n) is 4.85. The highest BCUT2D eigenvalue weighted by Crippen LogP contribution is 2.24. The average Bonchev–Trinajstić information content (AvgIpc) is 3.22. The van der Waals surface area contributed by atoms with Crippen LogP contribution < -0.4 is 10.6 Å². The summed E-state index contributed by atoms with van der Waals surface area (Å²) in [5.74, 6) is -0.445. The van der Waals surface area contributed by atoms with Crippen LogP contribution in [0.5, 0.6) is 0 Å². The smallest absolute Gasteiger partial charge is 0.323 e. The minimum Gasteiger partial charge on any atom is -0.335 e. The van der Waals surface area contributed by atoms with Crippen molar-refractivity contribution in [1.82, 2.24) is 19.5 Å². The summed E-state index contributed by atoms with van der Waals surface area (Å²) in [6.07, 6.45) is 5.05. The monoisotopic (exact) mass is 514 g/mol. The lowest BCUT2D eigenvalue weighted by molar-refractivity contribution is 0.0691. The number of rotatable bonds is 5. The lowest BCUT2D eigenvalue weighted by Gasteiger charge is -2.27. The Bertz CT molecular complexity index is 1470. The Kier molecular flexibility index (Phi) is 7.35. The van der Waals surface area contributed by atoms with E-state index in [0.717, 1.165) is 49.2 Å².